The Morgan fingerprint density at radius 2 is 1.95 bits per heavy atom. The molecule has 1 fully saturated rings. The number of carbonyl (C=O) groups excluding carboxylic acids is 2. The minimum Gasteiger partial charge on any atom is -0.329 e. The Bertz CT molecular complexity index is 529. The summed E-state index contributed by atoms with van der Waals surface area (Å²) in [4.78, 5) is 23.6. The van der Waals surface area contributed by atoms with Crippen LogP contribution in [0.3, 0.4) is 0 Å². The Labute approximate surface area is 112 Å². The van der Waals surface area contributed by atoms with E-state index in [0.717, 1.165) is 11.0 Å². The van der Waals surface area contributed by atoms with Gasteiger partial charge in [0, 0.05) is 12.6 Å². The van der Waals surface area contributed by atoms with E-state index in [2.05, 4.69) is 5.32 Å². The first-order chi connectivity index (χ1) is 9.30. The van der Waals surface area contributed by atoms with Gasteiger partial charge in [0.25, 0.3) is 0 Å². The molecule has 0 bridgehead atoms. The van der Waals surface area contributed by atoms with E-state index in [0.29, 0.717) is 0 Å². The molecule has 8 heteroatoms. The van der Waals surface area contributed by atoms with Gasteiger partial charge in [0.05, 0.1) is 12.1 Å². The number of halogens is 3. The molecule has 1 aliphatic heterocycles. The van der Waals surface area contributed by atoms with Gasteiger partial charge in [-0.15, -0.1) is 0 Å². The Hall–Kier alpha value is -2.09. The van der Waals surface area contributed by atoms with Gasteiger partial charge in [-0.3, -0.25) is 9.69 Å². The number of rotatable bonds is 3. The van der Waals surface area contributed by atoms with Crippen LogP contribution in [0.5, 0.6) is 0 Å². The van der Waals surface area contributed by atoms with Crippen LogP contribution in [0.4, 0.5) is 18.0 Å². The second kappa shape index (κ2) is 5.12. The maximum absolute atomic E-state index is 12.9. The van der Waals surface area contributed by atoms with Gasteiger partial charge in [-0.25, -0.2) is 4.79 Å². The first-order valence-corrected chi connectivity index (χ1v) is 5.80. The number of hydrogen-bond acceptors (Lipinski definition) is 3. The number of benzene rings is 1. The molecule has 3 N–H and O–H groups in total. The molecular formula is C12H12F3N3O2. The molecule has 3 amide bonds. The van der Waals surface area contributed by atoms with Crippen molar-refractivity contribution in [3.63, 3.8) is 0 Å². The highest BCUT2D eigenvalue weighted by molar-refractivity contribution is 6.01. The molecule has 0 aliphatic carbocycles. The molecule has 1 unspecified atom stereocenters. The topological polar surface area (TPSA) is 75.4 Å². The van der Waals surface area contributed by atoms with E-state index in [1.807, 2.05) is 0 Å². The molecule has 0 spiro atoms. The Morgan fingerprint density at radius 3 is 2.50 bits per heavy atom. The van der Waals surface area contributed by atoms with E-state index < -0.39 is 29.7 Å². The molecule has 1 aromatic carbocycles. The number of hydrogen-bond donors (Lipinski definition) is 2. The highest BCUT2D eigenvalue weighted by atomic mass is 19.4. The lowest BCUT2D eigenvalue weighted by Crippen LogP contribution is -2.37. The highest BCUT2D eigenvalue weighted by Gasteiger charge is 2.36. The average molecular weight is 287 g/mol. The molecule has 1 atom stereocenters. The van der Waals surface area contributed by atoms with E-state index >= 15 is 0 Å². The molecule has 0 saturated carbocycles. The molecule has 108 valence electrons. The summed E-state index contributed by atoms with van der Waals surface area (Å²) < 4.78 is 38.6. The molecule has 20 heavy (non-hydrogen) atoms. The molecular weight excluding hydrogens is 275 g/mol. The minimum absolute atomic E-state index is 0.146. The Balaban J connectivity index is 2.24. The van der Waals surface area contributed by atoms with E-state index in [1.165, 1.54) is 18.2 Å². The first kappa shape index (κ1) is 14.3. The second-order valence-electron chi connectivity index (χ2n) is 4.35. The van der Waals surface area contributed by atoms with Crippen molar-refractivity contribution in [3.05, 3.63) is 35.4 Å². The molecule has 1 aliphatic rings. The van der Waals surface area contributed by atoms with Crippen LogP contribution >= 0.6 is 0 Å². The summed E-state index contributed by atoms with van der Waals surface area (Å²) >= 11 is 0. The van der Waals surface area contributed by atoms with E-state index in [4.69, 9.17) is 5.73 Å². The lowest BCUT2D eigenvalue weighted by Gasteiger charge is -2.21. The van der Waals surface area contributed by atoms with Gasteiger partial charge in [-0.05, 0) is 11.6 Å². The van der Waals surface area contributed by atoms with Crippen molar-refractivity contribution in [3.8, 4) is 0 Å². The third kappa shape index (κ3) is 2.74. The van der Waals surface area contributed by atoms with Crippen LogP contribution in [0.25, 0.3) is 0 Å². The summed E-state index contributed by atoms with van der Waals surface area (Å²) in [5, 5.41) is 2.28. The zero-order valence-electron chi connectivity index (χ0n) is 10.3. The van der Waals surface area contributed by atoms with Gasteiger partial charge in [-0.1, -0.05) is 18.2 Å². The lowest BCUT2D eigenvalue weighted by atomic mass is 10.00. The monoisotopic (exact) mass is 287 g/mol. The van der Waals surface area contributed by atoms with Gasteiger partial charge in [0.1, 0.15) is 0 Å². The third-order valence-electron chi connectivity index (χ3n) is 2.98. The summed E-state index contributed by atoms with van der Waals surface area (Å²) in [6.45, 7) is -0.454. The van der Waals surface area contributed by atoms with Gasteiger partial charge < -0.3 is 11.1 Å². The fourth-order valence-electron chi connectivity index (χ4n) is 2.01. The molecule has 1 saturated heterocycles. The molecule has 2 rings (SSSR count). The standard InChI is InChI=1S/C12H12F3N3O2/c13-12(14,15)8-4-2-1-3-7(8)9(16)6-18-10(19)5-17-11(18)20/h1-4,9H,5-6,16H2,(H,17,20). The SMILES string of the molecule is NC(CN1C(=O)CNC1=O)c1ccccc1C(F)(F)F. The van der Waals surface area contributed by atoms with Crippen molar-refractivity contribution in [2.45, 2.75) is 12.2 Å². The van der Waals surface area contributed by atoms with Crippen molar-refractivity contribution in [1.82, 2.24) is 10.2 Å². The lowest BCUT2D eigenvalue weighted by molar-refractivity contribution is -0.138. The number of nitrogens with zero attached hydrogens (tertiary/aromatic N) is 1. The number of nitrogens with one attached hydrogen (secondary N) is 1. The normalized spacial score (nSPS) is 17.3. The largest absolute Gasteiger partial charge is 0.416 e. The van der Waals surface area contributed by atoms with Crippen LogP contribution in [-0.4, -0.2) is 29.9 Å². The Kier molecular flexibility index (Phi) is 3.67. The van der Waals surface area contributed by atoms with Gasteiger partial charge in [0.15, 0.2) is 0 Å². The zero-order chi connectivity index (χ0) is 14.9. The third-order valence-corrected chi connectivity index (χ3v) is 2.98. The van der Waals surface area contributed by atoms with E-state index in [9.17, 15) is 22.8 Å². The van der Waals surface area contributed by atoms with E-state index in [-0.39, 0.29) is 18.7 Å². The van der Waals surface area contributed by atoms with Gasteiger partial charge in [0.2, 0.25) is 5.91 Å². The zero-order valence-corrected chi connectivity index (χ0v) is 10.3. The molecule has 1 aromatic rings. The maximum atomic E-state index is 12.9. The van der Waals surface area contributed by atoms with E-state index in [1.54, 1.807) is 0 Å². The predicted molar refractivity (Wildman–Crippen MR) is 63.5 cm³/mol. The van der Waals surface area contributed by atoms with Crippen LogP contribution in [0, 0.1) is 0 Å². The number of carbonyl (C=O) groups is 2. The number of alkyl halides is 3. The van der Waals surface area contributed by atoms with Crippen LogP contribution in [-0.2, 0) is 11.0 Å². The molecule has 0 aromatic heterocycles. The van der Waals surface area contributed by atoms with Crippen LogP contribution in [0.15, 0.2) is 24.3 Å². The summed E-state index contributed by atoms with van der Waals surface area (Å²) in [7, 11) is 0. The van der Waals surface area contributed by atoms with Crippen LogP contribution < -0.4 is 11.1 Å². The number of urea groups is 1. The summed E-state index contributed by atoms with van der Waals surface area (Å²) in [6.07, 6.45) is -4.54. The van der Waals surface area contributed by atoms with Crippen molar-refractivity contribution >= 4 is 11.9 Å². The smallest absolute Gasteiger partial charge is 0.329 e. The molecule has 0 radical (unpaired) electrons. The maximum Gasteiger partial charge on any atom is 0.416 e. The average Bonchev–Trinajstić information content (AvgIpc) is 2.69. The Morgan fingerprint density at radius 1 is 1.30 bits per heavy atom. The highest BCUT2D eigenvalue weighted by Crippen LogP contribution is 2.34. The molecule has 5 nitrogen and oxygen atoms in total. The minimum atomic E-state index is -4.54. The quantitative estimate of drug-likeness (QED) is 0.822. The van der Waals surface area contributed by atoms with Crippen molar-refractivity contribution < 1.29 is 22.8 Å². The van der Waals surface area contributed by atoms with Crippen LogP contribution in [0.1, 0.15) is 17.2 Å². The van der Waals surface area contributed by atoms with Crippen molar-refractivity contribution in [2.75, 3.05) is 13.1 Å². The fourth-order valence-corrected chi connectivity index (χ4v) is 2.01. The van der Waals surface area contributed by atoms with Crippen LogP contribution in [0.2, 0.25) is 0 Å². The number of amides is 3. The van der Waals surface area contributed by atoms with Gasteiger partial charge >= 0.3 is 12.2 Å². The summed E-state index contributed by atoms with van der Waals surface area (Å²) in [5.74, 6) is -0.505. The summed E-state index contributed by atoms with van der Waals surface area (Å²) in [5.41, 5.74) is 4.72. The second-order valence-corrected chi connectivity index (χ2v) is 4.35. The molecule has 1 heterocycles. The first-order valence-electron chi connectivity index (χ1n) is 5.80. The summed E-state index contributed by atoms with van der Waals surface area (Å²) in [6, 6.07) is 3.10. The predicted octanol–water partition coefficient (Wildman–Crippen LogP) is 1.26. The number of imide groups is 1. The van der Waals surface area contributed by atoms with Crippen molar-refractivity contribution in [1.29, 1.82) is 0 Å². The number of nitrogens with two attached hydrogens (primary N) is 1. The van der Waals surface area contributed by atoms with Crippen molar-refractivity contribution in [2.24, 2.45) is 5.73 Å². The fraction of sp³-hybridized carbons (Fsp3) is 0.333. The van der Waals surface area contributed by atoms with Gasteiger partial charge in [-0.2, -0.15) is 13.2 Å².